The van der Waals surface area contributed by atoms with Gasteiger partial charge in [0.15, 0.2) is 5.82 Å². The Balaban J connectivity index is 1.17. The maximum absolute atomic E-state index is 15.2. The lowest BCUT2D eigenvalue weighted by Crippen LogP contribution is -2.39. The van der Waals surface area contributed by atoms with Crippen LogP contribution in [0, 0.1) is 5.82 Å². The summed E-state index contributed by atoms with van der Waals surface area (Å²) >= 11 is 0. The maximum Gasteiger partial charge on any atom is 0.261 e. The Hall–Kier alpha value is -5.16. The lowest BCUT2D eigenvalue weighted by Gasteiger charge is -2.31. The van der Waals surface area contributed by atoms with Crippen LogP contribution in [0.3, 0.4) is 0 Å². The highest BCUT2D eigenvalue weighted by molar-refractivity contribution is 6.09. The summed E-state index contributed by atoms with van der Waals surface area (Å²) in [6.45, 7) is 0.616. The number of nitrogens with one attached hydrogen (secondary N) is 1. The number of rotatable bonds is 8. The molecule has 11 heteroatoms. The number of anilines is 4. The molecule has 4 N–H and O–H groups in total. The molecule has 2 aliphatic rings. The van der Waals surface area contributed by atoms with E-state index in [9.17, 15) is 9.90 Å². The van der Waals surface area contributed by atoms with Crippen molar-refractivity contribution in [2.75, 3.05) is 22.5 Å². The Bertz CT molecular complexity index is 1820. The lowest BCUT2D eigenvalue weighted by molar-refractivity contribution is 0.0976. The number of aliphatic hydroxyl groups is 1. The van der Waals surface area contributed by atoms with E-state index in [4.69, 9.17) is 5.73 Å². The Morgan fingerprint density at radius 3 is 2.63 bits per heavy atom. The average molecular weight is 577 g/mol. The van der Waals surface area contributed by atoms with Crippen LogP contribution in [0.15, 0.2) is 73.1 Å². The largest absolute Gasteiger partial charge is 0.392 e. The molecule has 7 rings (SSSR count). The van der Waals surface area contributed by atoms with Crippen molar-refractivity contribution in [1.82, 2.24) is 24.7 Å². The lowest BCUT2D eigenvalue weighted by atomic mass is 9.93. The predicted octanol–water partition coefficient (Wildman–Crippen LogP) is 4.82. The molecule has 43 heavy (non-hydrogen) atoms. The van der Waals surface area contributed by atoms with Crippen LogP contribution in [0.5, 0.6) is 0 Å². The van der Waals surface area contributed by atoms with E-state index in [0.717, 1.165) is 35.2 Å². The van der Waals surface area contributed by atoms with Crippen LogP contribution < -0.4 is 16.0 Å². The van der Waals surface area contributed by atoms with Crippen LogP contribution in [0.1, 0.15) is 51.4 Å². The molecular formula is C32H29FN8O2. The van der Waals surface area contributed by atoms with Gasteiger partial charge in [0.05, 0.1) is 24.4 Å². The number of hydrogen-bond acceptors (Lipinski definition) is 8. The molecule has 10 nitrogen and oxygen atoms in total. The molecule has 0 unspecified atom stereocenters. The van der Waals surface area contributed by atoms with Gasteiger partial charge in [0.25, 0.3) is 5.91 Å². The summed E-state index contributed by atoms with van der Waals surface area (Å²) in [5.74, 6) is -0.0690. The number of hydrogen-bond donors (Lipinski definition) is 3. The molecule has 1 amide bonds. The number of fused-ring (bicyclic) bond motifs is 1. The maximum atomic E-state index is 15.2. The molecule has 1 aliphatic heterocycles. The summed E-state index contributed by atoms with van der Waals surface area (Å²) in [5.41, 5.74) is 11.1. The van der Waals surface area contributed by atoms with Gasteiger partial charge in [-0.2, -0.15) is 20.1 Å². The van der Waals surface area contributed by atoms with Gasteiger partial charge in [-0.1, -0.05) is 30.3 Å². The van der Waals surface area contributed by atoms with Gasteiger partial charge in [0.2, 0.25) is 11.9 Å². The van der Waals surface area contributed by atoms with Crippen LogP contribution in [-0.2, 0) is 19.6 Å². The Morgan fingerprint density at radius 1 is 1.05 bits per heavy atom. The van der Waals surface area contributed by atoms with E-state index >= 15 is 4.39 Å². The van der Waals surface area contributed by atoms with Crippen molar-refractivity contribution in [3.63, 3.8) is 0 Å². The zero-order valence-corrected chi connectivity index (χ0v) is 23.2. The quantitative estimate of drug-likeness (QED) is 0.239. The highest BCUT2D eigenvalue weighted by Crippen LogP contribution is 2.42. The van der Waals surface area contributed by atoms with Crippen LogP contribution in [-0.4, -0.2) is 42.3 Å². The van der Waals surface area contributed by atoms with Crippen LogP contribution in [0.2, 0.25) is 0 Å². The van der Waals surface area contributed by atoms with Crippen molar-refractivity contribution >= 4 is 29.2 Å². The van der Waals surface area contributed by atoms with Gasteiger partial charge in [0, 0.05) is 35.8 Å². The van der Waals surface area contributed by atoms with Crippen LogP contribution >= 0.6 is 0 Å². The van der Waals surface area contributed by atoms with Crippen LogP contribution in [0.25, 0.3) is 11.4 Å². The van der Waals surface area contributed by atoms with E-state index in [1.165, 1.54) is 11.0 Å². The van der Waals surface area contributed by atoms with E-state index in [2.05, 4.69) is 25.4 Å². The highest BCUT2D eigenvalue weighted by atomic mass is 19.1. The van der Waals surface area contributed by atoms with Gasteiger partial charge < -0.3 is 21.1 Å². The zero-order chi connectivity index (χ0) is 29.5. The van der Waals surface area contributed by atoms with Gasteiger partial charge in [-0.05, 0) is 72.2 Å². The molecule has 216 valence electrons. The molecule has 1 aliphatic carbocycles. The van der Waals surface area contributed by atoms with Crippen molar-refractivity contribution in [2.24, 2.45) is 0 Å². The third kappa shape index (κ3) is 5.30. The molecule has 0 saturated heterocycles. The normalized spacial score (nSPS) is 14.6. The topological polar surface area (TPSA) is 135 Å². The number of carbonyl (C=O) groups is 1. The van der Waals surface area contributed by atoms with Gasteiger partial charge >= 0.3 is 0 Å². The first-order valence-corrected chi connectivity index (χ1v) is 14.2. The smallest absolute Gasteiger partial charge is 0.261 e. The molecule has 1 fully saturated rings. The summed E-state index contributed by atoms with van der Waals surface area (Å²) in [4.78, 5) is 28.3. The summed E-state index contributed by atoms with van der Waals surface area (Å²) < 4.78 is 17.1. The van der Waals surface area contributed by atoms with E-state index in [1.54, 1.807) is 24.4 Å². The Labute approximate surface area is 247 Å². The van der Waals surface area contributed by atoms with E-state index < -0.39 is 18.3 Å². The second kappa shape index (κ2) is 10.9. The van der Waals surface area contributed by atoms with Gasteiger partial charge in [-0.3, -0.25) is 9.48 Å². The average Bonchev–Trinajstić information content (AvgIpc) is 3.74. The minimum absolute atomic E-state index is 0.00592. The third-order valence-electron chi connectivity index (χ3n) is 7.91. The number of carbonyl (C=O) groups excluding carboxylic acids is 1. The first-order chi connectivity index (χ1) is 21.0. The molecule has 5 aromatic rings. The number of nitrogen functional groups attached to an aromatic ring is 1. The summed E-state index contributed by atoms with van der Waals surface area (Å²) in [6, 6.07) is 18.4. The molecule has 1 saturated carbocycles. The number of aliphatic hydroxyl groups excluding tert-OH is 1. The number of benzene rings is 3. The summed E-state index contributed by atoms with van der Waals surface area (Å²) in [6.07, 6.45) is 6.27. The molecule has 0 radical (unpaired) electrons. The van der Waals surface area contributed by atoms with Crippen molar-refractivity contribution in [3.05, 3.63) is 107 Å². The van der Waals surface area contributed by atoms with E-state index in [0.29, 0.717) is 42.2 Å². The van der Waals surface area contributed by atoms with E-state index in [1.807, 2.05) is 47.3 Å². The van der Waals surface area contributed by atoms with Crippen molar-refractivity contribution in [2.45, 2.75) is 38.3 Å². The van der Waals surface area contributed by atoms with Crippen molar-refractivity contribution in [3.8, 4) is 11.4 Å². The molecule has 0 bridgehead atoms. The number of aromatic nitrogens is 5. The fraction of sp³-hybridized carbons (Fsp3) is 0.219. The first-order valence-electron chi connectivity index (χ1n) is 14.2. The third-order valence-corrected chi connectivity index (χ3v) is 7.91. The molecule has 0 atom stereocenters. The predicted molar refractivity (Wildman–Crippen MR) is 160 cm³/mol. The number of nitrogens with two attached hydrogens (primary N) is 1. The monoisotopic (exact) mass is 576 g/mol. The molecule has 0 spiro atoms. The Morgan fingerprint density at radius 2 is 1.88 bits per heavy atom. The van der Waals surface area contributed by atoms with Crippen molar-refractivity contribution in [1.29, 1.82) is 0 Å². The first kappa shape index (κ1) is 26.7. The van der Waals surface area contributed by atoms with Gasteiger partial charge in [-0.25, -0.2) is 4.39 Å². The van der Waals surface area contributed by atoms with Crippen LogP contribution in [0.4, 0.5) is 27.7 Å². The SMILES string of the molecule is Nc1nc(Nc2ccc(Cn3cccn3)cc2)nc(-c2cccc(N3CCc4cc(C5CC5)cc(F)c4C3=O)c2CO)n1. The number of amides is 1. The zero-order valence-electron chi connectivity index (χ0n) is 23.2. The van der Waals surface area contributed by atoms with Gasteiger partial charge in [-0.15, -0.1) is 0 Å². The minimum atomic E-state index is -0.494. The molecule has 2 aromatic heterocycles. The highest BCUT2D eigenvalue weighted by Gasteiger charge is 2.33. The molecular weight excluding hydrogens is 547 g/mol. The second-order valence-corrected chi connectivity index (χ2v) is 10.8. The fourth-order valence-corrected chi connectivity index (χ4v) is 5.65. The molecule has 3 heterocycles. The van der Waals surface area contributed by atoms with E-state index in [-0.39, 0.29) is 23.3 Å². The standard InChI is InChI=1S/C32H29FN8O2/c33-26-16-22(20-7-8-20)15-21-11-14-41(30(43)28(21)26)27-4-1-3-24(25(27)18-42)29-37-31(34)39-32(38-29)36-23-9-5-19(6-10-23)17-40-13-2-12-35-40/h1-6,9-10,12-13,15-16,20,42H,7-8,11,14,17-18H2,(H3,34,36,37,38,39). The Kier molecular flexibility index (Phi) is 6.78. The summed E-state index contributed by atoms with van der Waals surface area (Å²) in [5, 5.41) is 17.9. The van der Waals surface area contributed by atoms with Gasteiger partial charge in [0.1, 0.15) is 5.82 Å². The summed E-state index contributed by atoms with van der Waals surface area (Å²) in [7, 11) is 0. The number of nitrogens with zero attached hydrogens (tertiary/aromatic N) is 6. The number of halogens is 1. The fourth-order valence-electron chi connectivity index (χ4n) is 5.65. The minimum Gasteiger partial charge on any atom is -0.392 e. The van der Waals surface area contributed by atoms with Crippen molar-refractivity contribution < 1.29 is 14.3 Å². The molecule has 3 aromatic carbocycles. The second-order valence-electron chi connectivity index (χ2n) is 10.8.